The van der Waals surface area contributed by atoms with Gasteiger partial charge in [0.25, 0.3) is 5.91 Å². The van der Waals surface area contributed by atoms with Crippen LogP contribution in [0.25, 0.3) is 20.7 Å². The van der Waals surface area contributed by atoms with Crippen molar-refractivity contribution in [1.29, 1.82) is 0 Å². The minimum atomic E-state index is -0.179. The molecule has 0 aliphatic carbocycles. The van der Waals surface area contributed by atoms with E-state index in [2.05, 4.69) is 33.5 Å². The molecule has 4 nitrogen and oxygen atoms in total. The summed E-state index contributed by atoms with van der Waals surface area (Å²) in [6.07, 6.45) is 3.36. The van der Waals surface area contributed by atoms with Crippen LogP contribution in [-0.4, -0.2) is 15.9 Å². The molecule has 3 aromatic heterocycles. The average Bonchev–Trinajstić information content (AvgIpc) is 3.07. The largest absolute Gasteiger partial charge is 0.321 e. The lowest BCUT2D eigenvalue weighted by atomic mass is 10.2. The number of hydrogen-bond acceptors (Lipinski definition) is 4. The maximum Gasteiger partial charge on any atom is 0.257 e. The van der Waals surface area contributed by atoms with Crippen molar-refractivity contribution in [2.45, 2.75) is 6.92 Å². The molecule has 1 amide bonds. The van der Waals surface area contributed by atoms with Crippen LogP contribution < -0.4 is 5.32 Å². The quantitative estimate of drug-likeness (QED) is 0.573. The minimum absolute atomic E-state index is 0.179. The van der Waals surface area contributed by atoms with E-state index in [1.54, 1.807) is 35.9 Å². The van der Waals surface area contributed by atoms with E-state index in [-0.39, 0.29) is 5.91 Å². The molecule has 25 heavy (non-hydrogen) atoms. The molecular formula is C20H15N3OS. The number of anilines is 1. The van der Waals surface area contributed by atoms with Gasteiger partial charge < -0.3 is 5.32 Å². The van der Waals surface area contributed by atoms with Crippen LogP contribution in [-0.2, 0) is 0 Å². The summed E-state index contributed by atoms with van der Waals surface area (Å²) >= 11 is 1.71. The van der Waals surface area contributed by atoms with E-state index >= 15 is 0 Å². The van der Waals surface area contributed by atoms with Crippen LogP contribution in [0.4, 0.5) is 5.69 Å². The Kier molecular flexibility index (Phi) is 3.99. The van der Waals surface area contributed by atoms with Crippen LogP contribution in [0.5, 0.6) is 0 Å². The summed E-state index contributed by atoms with van der Waals surface area (Å²) in [6, 6.07) is 17.7. The van der Waals surface area contributed by atoms with E-state index in [4.69, 9.17) is 0 Å². The van der Waals surface area contributed by atoms with Gasteiger partial charge in [0, 0.05) is 16.6 Å². The third-order valence-electron chi connectivity index (χ3n) is 3.95. The number of nitrogens with zero attached hydrogens (tertiary/aromatic N) is 2. The van der Waals surface area contributed by atoms with Crippen molar-refractivity contribution in [3.05, 3.63) is 78.2 Å². The van der Waals surface area contributed by atoms with Gasteiger partial charge in [0.15, 0.2) is 0 Å². The summed E-state index contributed by atoms with van der Waals surface area (Å²) in [4.78, 5) is 22.1. The molecule has 4 rings (SSSR count). The summed E-state index contributed by atoms with van der Waals surface area (Å²) in [7, 11) is 0. The van der Waals surface area contributed by atoms with Crippen LogP contribution in [0.3, 0.4) is 0 Å². The summed E-state index contributed by atoms with van der Waals surface area (Å²) < 4.78 is 1.24. The third-order valence-corrected chi connectivity index (χ3v) is 5.09. The van der Waals surface area contributed by atoms with Crippen LogP contribution in [0.15, 0.2) is 67.0 Å². The first-order chi connectivity index (χ1) is 12.2. The molecule has 1 N–H and O–H groups in total. The summed E-state index contributed by atoms with van der Waals surface area (Å²) in [6.45, 7) is 1.82. The Morgan fingerprint density at radius 3 is 2.68 bits per heavy atom. The number of fused-ring (bicyclic) bond motifs is 1. The number of thiophene rings is 1. The highest BCUT2D eigenvalue weighted by Gasteiger charge is 2.10. The van der Waals surface area contributed by atoms with Gasteiger partial charge in [-0.25, -0.2) is 0 Å². The fourth-order valence-corrected chi connectivity index (χ4v) is 3.68. The highest BCUT2D eigenvalue weighted by atomic mass is 32.1. The van der Waals surface area contributed by atoms with Crippen LogP contribution >= 0.6 is 11.3 Å². The summed E-state index contributed by atoms with van der Waals surface area (Å²) in [5, 5.41) is 4.08. The SMILES string of the molecule is Cc1ncccc1C(=O)Nc1ccc(-c2cc3ccccc3s2)nc1. The van der Waals surface area contributed by atoms with Gasteiger partial charge in [0.2, 0.25) is 0 Å². The molecule has 3 heterocycles. The molecule has 0 saturated carbocycles. The zero-order valence-corrected chi connectivity index (χ0v) is 14.4. The fourth-order valence-electron chi connectivity index (χ4n) is 2.64. The number of benzene rings is 1. The molecule has 4 aromatic rings. The van der Waals surface area contributed by atoms with Gasteiger partial charge in [-0.15, -0.1) is 11.3 Å². The van der Waals surface area contributed by atoms with E-state index in [9.17, 15) is 4.79 Å². The van der Waals surface area contributed by atoms with Crippen molar-refractivity contribution in [3.8, 4) is 10.6 Å². The van der Waals surface area contributed by atoms with E-state index in [0.717, 1.165) is 10.6 Å². The van der Waals surface area contributed by atoms with Gasteiger partial charge in [-0.05, 0) is 48.7 Å². The van der Waals surface area contributed by atoms with Crippen molar-refractivity contribution in [2.24, 2.45) is 0 Å². The Labute approximate surface area is 149 Å². The van der Waals surface area contributed by atoms with Gasteiger partial charge in [0.1, 0.15) is 0 Å². The topological polar surface area (TPSA) is 54.9 Å². The molecule has 0 bridgehead atoms. The van der Waals surface area contributed by atoms with E-state index in [1.807, 2.05) is 31.2 Å². The lowest BCUT2D eigenvalue weighted by molar-refractivity contribution is 0.102. The fraction of sp³-hybridized carbons (Fsp3) is 0.0500. The second kappa shape index (κ2) is 6.45. The Hall–Kier alpha value is -3.05. The first-order valence-corrected chi connectivity index (χ1v) is 8.70. The Balaban J connectivity index is 1.56. The van der Waals surface area contributed by atoms with Crippen molar-refractivity contribution in [2.75, 3.05) is 5.32 Å². The molecule has 0 radical (unpaired) electrons. The van der Waals surface area contributed by atoms with E-state index in [1.165, 1.54) is 10.1 Å². The molecule has 1 aromatic carbocycles. The first-order valence-electron chi connectivity index (χ1n) is 7.89. The average molecular weight is 345 g/mol. The van der Waals surface area contributed by atoms with Gasteiger partial charge in [-0.1, -0.05) is 18.2 Å². The van der Waals surface area contributed by atoms with Crippen LogP contribution in [0.2, 0.25) is 0 Å². The number of amides is 1. The van der Waals surface area contributed by atoms with Crippen molar-refractivity contribution in [3.63, 3.8) is 0 Å². The van der Waals surface area contributed by atoms with Gasteiger partial charge >= 0.3 is 0 Å². The second-order valence-electron chi connectivity index (χ2n) is 5.67. The molecule has 0 fully saturated rings. The number of hydrogen-bond donors (Lipinski definition) is 1. The minimum Gasteiger partial charge on any atom is -0.321 e. The number of pyridine rings is 2. The van der Waals surface area contributed by atoms with E-state index in [0.29, 0.717) is 16.9 Å². The van der Waals surface area contributed by atoms with Crippen LogP contribution in [0.1, 0.15) is 16.1 Å². The predicted molar refractivity (Wildman–Crippen MR) is 102 cm³/mol. The molecule has 0 aliphatic rings. The highest BCUT2D eigenvalue weighted by molar-refractivity contribution is 7.22. The Morgan fingerprint density at radius 1 is 1.04 bits per heavy atom. The van der Waals surface area contributed by atoms with Gasteiger partial charge in [0.05, 0.1) is 28.0 Å². The van der Waals surface area contributed by atoms with Gasteiger partial charge in [-0.3, -0.25) is 14.8 Å². The van der Waals surface area contributed by atoms with E-state index < -0.39 is 0 Å². The maximum absolute atomic E-state index is 12.3. The smallest absolute Gasteiger partial charge is 0.257 e. The molecule has 0 unspecified atom stereocenters. The number of nitrogens with one attached hydrogen (secondary N) is 1. The van der Waals surface area contributed by atoms with Crippen molar-refractivity contribution < 1.29 is 4.79 Å². The lowest BCUT2D eigenvalue weighted by Crippen LogP contribution is -2.14. The Bertz CT molecular complexity index is 1020. The molecule has 0 saturated heterocycles. The zero-order valence-electron chi connectivity index (χ0n) is 13.6. The zero-order chi connectivity index (χ0) is 17.2. The standard InChI is InChI=1S/C20H15N3OS/c1-13-16(6-4-10-21-13)20(24)23-15-8-9-17(22-12-15)19-11-14-5-2-3-7-18(14)25-19/h2-12H,1H3,(H,23,24). The van der Waals surface area contributed by atoms with Crippen LogP contribution in [0, 0.1) is 6.92 Å². The Morgan fingerprint density at radius 2 is 1.92 bits per heavy atom. The highest BCUT2D eigenvalue weighted by Crippen LogP contribution is 2.32. The predicted octanol–water partition coefficient (Wildman–Crippen LogP) is 4.92. The second-order valence-corrected chi connectivity index (χ2v) is 6.75. The molecular weight excluding hydrogens is 330 g/mol. The number of aryl methyl sites for hydroxylation is 1. The number of rotatable bonds is 3. The normalized spacial score (nSPS) is 10.8. The first kappa shape index (κ1) is 15.5. The van der Waals surface area contributed by atoms with Gasteiger partial charge in [-0.2, -0.15) is 0 Å². The maximum atomic E-state index is 12.3. The lowest BCUT2D eigenvalue weighted by Gasteiger charge is -2.07. The monoisotopic (exact) mass is 345 g/mol. The van der Waals surface area contributed by atoms with Crippen molar-refractivity contribution >= 4 is 33.0 Å². The number of carbonyl (C=O) groups is 1. The molecule has 122 valence electrons. The molecule has 0 atom stereocenters. The summed E-state index contributed by atoms with van der Waals surface area (Å²) in [5.74, 6) is -0.179. The molecule has 0 aliphatic heterocycles. The molecule has 0 spiro atoms. The molecule has 5 heteroatoms. The number of carbonyl (C=O) groups excluding carboxylic acids is 1. The summed E-state index contributed by atoms with van der Waals surface area (Å²) in [5.41, 5.74) is 2.83. The van der Waals surface area contributed by atoms with Crippen molar-refractivity contribution in [1.82, 2.24) is 9.97 Å². The number of aromatic nitrogens is 2. The third kappa shape index (κ3) is 3.14.